The van der Waals surface area contributed by atoms with Gasteiger partial charge in [-0.05, 0) is 80.0 Å². The number of aromatic nitrogens is 2. The predicted molar refractivity (Wildman–Crippen MR) is 138 cm³/mol. The second-order valence-corrected chi connectivity index (χ2v) is 9.57. The molecule has 2 heterocycles. The van der Waals surface area contributed by atoms with Crippen molar-refractivity contribution in [1.29, 1.82) is 0 Å². The van der Waals surface area contributed by atoms with Crippen molar-refractivity contribution < 1.29 is 22.6 Å². The van der Waals surface area contributed by atoms with Gasteiger partial charge in [0.05, 0.1) is 12.2 Å². The molecule has 2 aromatic carbocycles. The fourth-order valence-electron chi connectivity index (χ4n) is 4.16. The molecule has 0 unspecified atom stereocenters. The first-order chi connectivity index (χ1) is 17.7. The minimum absolute atomic E-state index is 0.101. The van der Waals surface area contributed by atoms with Crippen LogP contribution in [0.2, 0.25) is 0 Å². The molecular formula is C28H31F3N4O2. The molecule has 6 nitrogen and oxygen atoms in total. The SMILES string of the molecule is CCc1cnc(N2CCC(COc3c(F)cc(-c4ccc(/C=[N+](\[O-])C(C)C)c(F)c4)cc3F)CC2)nc1. The topological polar surface area (TPSA) is 64.3 Å². The van der Waals surface area contributed by atoms with Crippen molar-refractivity contribution >= 4 is 12.2 Å². The second kappa shape index (κ2) is 11.6. The van der Waals surface area contributed by atoms with E-state index < -0.39 is 23.2 Å². The average Bonchev–Trinajstić information content (AvgIpc) is 2.89. The number of anilines is 1. The fraction of sp³-hybridized carbons (Fsp3) is 0.393. The lowest BCUT2D eigenvalue weighted by Crippen LogP contribution is -2.36. The molecule has 4 rings (SSSR count). The van der Waals surface area contributed by atoms with Crippen LogP contribution in [0.15, 0.2) is 42.7 Å². The van der Waals surface area contributed by atoms with Crippen molar-refractivity contribution in [3.63, 3.8) is 0 Å². The smallest absolute Gasteiger partial charge is 0.225 e. The number of hydroxylamine groups is 1. The van der Waals surface area contributed by atoms with Gasteiger partial charge in [-0.2, -0.15) is 0 Å². The highest BCUT2D eigenvalue weighted by Crippen LogP contribution is 2.31. The molecule has 3 aromatic rings. The van der Waals surface area contributed by atoms with Crippen LogP contribution in [0.3, 0.4) is 0 Å². The summed E-state index contributed by atoms with van der Waals surface area (Å²) in [5.74, 6) is -1.95. The molecule has 0 saturated carbocycles. The molecule has 1 aliphatic heterocycles. The molecule has 0 aliphatic carbocycles. The van der Waals surface area contributed by atoms with Gasteiger partial charge in [-0.3, -0.25) is 0 Å². The average molecular weight is 513 g/mol. The predicted octanol–water partition coefficient (Wildman–Crippen LogP) is 5.76. The van der Waals surface area contributed by atoms with Crippen LogP contribution in [0.1, 0.15) is 44.7 Å². The third-order valence-electron chi connectivity index (χ3n) is 6.57. The fourth-order valence-corrected chi connectivity index (χ4v) is 4.16. The lowest BCUT2D eigenvalue weighted by atomic mass is 9.98. The first-order valence-corrected chi connectivity index (χ1v) is 12.5. The van der Waals surface area contributed by atoms with Crippen molar-refractivity contribution in [2.75, 3.05) is 24.6 Å². The molecular weight excluding hydrogens is 481 g/mol. The van der Waals surface area contributed by atoms with Crippen molar-refractivity contribution in [3.05, 3.63) is 76.5 Å². The summed E-state index contributed by atoms with van der Waals surface area (Å²) in [7, 11) is 0. The number of halogens is 3. The summed E-state index contributed by atoms with van der Waals surface area (Å²) in [4.78, 5) is 10.9. The van der Waals surface area contributed by atoms with E-state index in [-0.39, 0.29) is 29.7 Å². The molecule has 0 bridgehead atoms. The minimum Gasteiger partial charge on any atom is -0.624 e. The number of benzene rings is 2. The van der Waals surface area contributed by atoms with Gasteiger partial charge < -0.3 is 14.8 Å². The van der Waals surface area contributed by atoms with E-state index in [1.54, 1.807) is 13.8 Å². The molecule has 1 aromatic heterocycles. The Kier molecular flexibility index (Phi) is 8.31. The van der Waals surface area contributed by atoms with Crippen LogP contribution in [0.25, 0.3) is 11.1 Å². The molecule has 1 fully saturated rings. The second-order valence-electron chi connectivity index (χ2n) is 9.57. The third kappa shape index (κ3) is 6.39. The Morgan fingerprint density at radius 3 is 2.22 bits per heavy atom. The van der Waals surface area contributed by atoms with Crippen LogP contribution in [0, 0.1) is 28.6 Å². The zero-order valence-electron chi connectivity index (χ0n) is 21.3. The standard InChI is InChI=1S/C28H31F3N4O2/c1-4-19-14-32-28(33-15-19)34-9-7-20(8-10-34)17-37-27-25(30)12-23(13-26(27)31)21-5-6-22(24(29)11-21)16-35(36)18(2)3/h5-6,11-16,18,20H,4,7-10,17H2,1-3H3/b35-16-. The van der Waals surface area contributed by atoms with Gasteiger partial charge in [0.2, 0.25) is 5.95 Å². The molecule has 1 aliphatic rings. The quantitative estimate of drug-likeness (QED) is 0.166. The van der Waals surface area contributed by atoms with Gasteiger partial charge in [0.15, 0.2) is 29.6 Å². The number of piperidine rings is 1. The highest BCUT2D eigenvalue weighted by atomic mass is 19.1. The Hall–Kier alpha value is -3.62. The normalized spacial score (nSPS) is 14.9. The maximum atomic E-state index is 14.8. The van der Waals surface area contributed by atoms with E-state index >= 15 is 0 Å². The summed E-state index contributed by atoms with van der Waals surface area (Å²) >= 11 is 0. The monoisotopic (exact) mass is 512 g/mol. The van der Waals surface area contributed by atoms with Gasteiger partial charge in [-0.25, -0.2) is 27.9 Å². The van der Waals surface area contributed by atoms with Crippen LogP contribution < -0.4 is 9.64 Å². The lowest BCUT2D eigenvalue weighted by Gasteiger charge is -2.31. The number of hydrogen-bond donors (Lipinski definition) is 0. The van der Waals surface area contributed by atoms with E-state index in [4.69, 9.17) is 4.74 Å². The number of rotatable bonds is 8. The van der Waals surface area contributed by atoms with E-state index in [0.717, 1.165) is 62.3 Å². The zero-order valence-corrected chi connectivity index (χ0v) is 21.3. The van der Waals surface area contributed by atoms with Gasteiger partial charge in [0.1, 0.15) is 5.82 Å². The number of hydrogen-bond acceptors (Lipinski definition) is 5. The third-order valence-corrected chi connectivity index (χ3v) is 6.57. The summed E-state index contributed by atoms with van der Waals surface area (Å²) in [6, 6.07) is 6.00. The Balaban J connectivity index is 1.38. The van der Waals surface area contributed by atoms with E-state index in [2.05, 4.69) is 21.8 Å². The number of aryl methyl sites for hydroxylation is 1. The molecule has 0 amide bonds. The number of nitrogens with zero attached hydrogens (tertiary/aromatic N) is 4. The van der Waals surface area contributed by atoms with Crippen LogP contribution in [0.4, 0.5) is 19.1 Å². The molecule has 0 spiro atoms. The maximum Gasteiger partial charge on any atom is 0.225 e. The molecule has 0 N–H and O–H groups in total. The van der Waals surface area contributed by atoms with E-state index in [9.17, 15) is 18.4 Å². The molecule has 37 heavy (non-hydrogen) atoms. The van der Waals surface area contributed by atoms with Crippen LogP contribution in [-0.4, -0.2) is 46.7 Å². The Labute approximate surface area is 215 Å². The van der Waals surface area contributed by atoms with E-state index in [1.807, 2.05) is 12.4 Å². The van der Waals surface area contributed by atoms with E-state index in [0.29, 0.717) is 16.3 Å². The minimum atomic E-state index is -0.849. The van der Waals surface area contributed by atoms with Crippen molar-refractivity contribution in [3.8, 4) is 16.9 Å². The summed E-state index contributed by atoms with van der Waals surface area (Å²) in [5.41, 5.74) is 1.66. The lowest BCUT2D eigenvalue weighted by molar-refractivity contribution is -0.487. The van der Waals surface area contributed by atoms with Gasteiger partial charge in [-0.15, -0.1) is 0 Å². The molecule has 1 saturated heterocycles. The molecule has 0 radical (unpaired) electrons. The van der Waals surface area contributed by atoms with Gasteiger partial charge in [-0.1, -0.05) is 13.0 Å². The first-order valence-electron chi connectivity index (χ1n) is 12.5. The summed E-state index contributed by atoms with van der Waals surface area (Å²) in [6.45, 7) is 7.10. The summed E-state index contributed by atoms with van der Waals surface area (Å²) < 4.78 is 50.3. The first kappa shape index (κ1) is 26.4. The van der Waals surface area contributed by atoms with Crippen LogP contribution in [-0.2, 0) is 6.42 Å². The van der Waals surface area contributed by atoms with Crippen LogP contribution >= 0.6 is 0 Å². The highest BCUT2D eigenvalue weighted by Gasteiger charge is 2.23. The summed E-state index contributed by atoms with van der Waals surface area (Å²) in [6.07, 6.45) is 7.29. The van der Waals surface area contributed by atoms with Crippen molar-refractivity contribution in [1.82, 2.24) is 9.97 Å². The largest absolute Gasteiger partial charge is 0.624 e. The Bertz CT molecular complexity index is 1230. The van der Waals surface area contributed by atoms with Gasteiger partial charge >= 0.3 is 0 Å². The molecule has 196 valence electrons. The molecule has 0 atom stereocenters. The van der Waals surface area contributed by atoms with Crippen molar-refractivity contribution in [2.24, 2.45) is 5.92 Å². The summed E-state index contributed by atoms with van der Waals surface area (Å²) in [5, 5.41) is 11.8. The molecule has 9 heteroatoms. The van der Waals surface area contributed by atoms with E-state index in [1.165, 1.54) is 12.1 Å². The van der Waals surface area contributed by atoms with Crippen LogP contribution in [0.5, 0.6) is 5.75 Å². The zero-order chi connectivity index (χ0) is 26.5. The maximum absolute atomic E-state index is 14.8. The number of ether oxygens (including phenoxy) is 1. The Morgan fingerprint density at radius 1 is 1.03 bits per heavy atom. The van der Waals surface area contributed by atoms with Gasteiger partial charge in [0, 0.05) is 25.5 Å². The highest BCUT2D eigenvalue weighted by molar-refractivity contribution is 5.78. The Morgan fingerprint density at radius 2 is 1.65 bits per heavy atom. The van der Waals surface area contributed by atoms with Crippen molar-refractivity contribution in [2.45, 2.75) is 46.1 Å². The van der Waals surface area contributed by atoms with Gasteiger partial charge in [0.25, 0.3) is 0 Å².